The zero-order valence-corrected chi connectivity index (χ0v) is 7.16. The first-order chi connectivity index (χ1) is 6.68. The summed E-state index contributed by atoms with van der Waals surface area (Å²) in [5, 5.41) is 11.7. The second kappa shape index (κ2) is 3.10. The predicted octanol–water partition coefficient (Wildman–Crippen LogP) is 1.34. The molecule has 0 saturated heterocycles. The van der Waals surface area contributed by atoms with Gasteiger partial charge in [-0.15, -0.1) is 0 Å². The Morgan fingerprint density at radius 1 is 1.21 bits per heavy atom. The second-order valence-electron chi connectivity index (χ2n) is 2.96. The Balaban J connectivity index is 2.84. The van der Waals surface area contributed by atoms with E-state index in [1.165, 1.54) is 24.3 Å². The van der Waals surface area contributed by atoms with Crippen molar-refractivity contribution in [3.63, 3.8) is 0 Å². The summed E-state index contributed by atoms with van der Waals surface area (Å²) in [4.78, 5) is 10.7. The molecule has 70 valence electrons. The van der Waals surface area contributed by atoms with Crippen molar-refractivity contribution in [3.8, 4) is 0 Å². The summed E-state index contributed by atoms with van der Waals surface area (Å²) in [6.07, 6.45) is 0. The minimum absolute atomic E-state index is 0.0157. The highest BCUT2D eigenvalue weighted by atomic mass is 19.1. The summed E-state index contributed by atoms with van der Waals surface area (Å²) >= 11 is 0. The van der Waals surface area contributed by atoms with Crippen molar-refractivity contribution in [3.05, 3.63) is 47.8 Å². The van der Waals surface area contributed by atoms with Gasteiger partial charge in [-0.2, -0.15) is 0 Å². The van der Waals surface area contributed by atoms with Gasteiger partial charge in [0.1, 0.15) is 5.82 Å². The first-order valence-corrected chi connectivity index (χ1v) is 4.08. The lowest BCUT2D eigenvalue weighted by molar-refractivity contribution is -0.254. The fraction of sp³-hybridized carbons (Fsp3) is 0. The first-order valence-electron chi connectivity index (χ1n) is 4.08. The van der Waals surface area contributed by atoms with E-state index in [0.29, 0.717) is 10.8 Å². The van der Waals surface area contributed by atoms with Crippen LogP contribution in [0.4, 0.5) is 4.39 Å². The number of hydrogen-bond donors (Lipinski definition) is 0. The number of carbonyl (C=O) groups is 1. The molecule has 14 heavy (non-hydrogen) atoms. The summed E-state index contributed by atoms with van der Waals surface area (Å²) < 4.78 is 12.9. The number of fused-ring (bicyclic) bond motifs is 1. The van der Waals surface area contributed by atoms with Gasteiger partial charge in [0.15, 0.2) is 0 Å². The van der Waals surface area contributed by atoms with Crippen LogP contribution in [0.1, 0.15) is 10.4 Å². The maximum atomic E-state index is 12.9. The van der Waals surface area contributed by atoms with Crippen LogP contribution < -0.4 is 5.11 Å². The van der Waals surface area contributed by atoms with Gasteiger partial charge < -0.3 is 9.90 Å². The van der Waals surface area contributed by atoms with E-state index in [4.69, 9.17) is 0 Å². The quantitative estimate of drug-likeness (QED) is 0.679. The Morgan fingerprint density at radius 3 is 2.71 bits per heavy atom. The summed E-state index contributed by atoms with van der Waals surface area (Å²) in [5.41, 5.74) is 0.0157. The SMILES string of the molecule is O=C([O-])c1cccc2ccc(F)cc12. The van der Waals surface area contributed by atoms with Gasteiger partial charge in [-0.25, -0.2) is 4.39 Å². The number of carbonyl (C=O) groups excluding carboxylic acids is 1. The van der Waals surface area contributed by atoms with Crippen LogP contribution in [0.2, 0.25) is 0 Å². The Hall–Kier alpha value is -1.90. The topological polar surface area (TPSA) is 40.1 Å². The Bertz CT molecular complexity index is 506. The number of halogens is 1. The minimum Gasteiger partial charge on any atom is -0.545 e. The van der Waals surface area contributed by atoms with Gasteiger partial charge in [-0.05, 0) is 22.9 Å². The number of benzene rings is 2. The van der Waals surface area contributed by atoms with E-state index in [0.717, 1.165) is 0 Å². The summed E-state index contributed by atoms with van der Waals surface area (Å²) in [6, 6.07) is 8.75. The molecule has 3 heteroatoms. The zero-order chi connectivity index (χ0) is 10.1. The number of hydrogen-bond acceptors (Lipinski definition) is 2. The lowest BCUT2D eigenvalue weighted by atomic mass is 10.0. The van der Waals surface area contributed by atoms with Crippen molar-refractivity contribution >= 4 is 16.7 Å². The highest BCUT2D eigenvalue weighted by Crippen LogP contribution is 2.19. The molecule has 0 heterocycles. The average molecular weight is 189 g/mol. The van der Waals surface area contributed by atoms with Gasteiger partial charge in [-0.1, -0.05) is 24.3 Å². The number of carboxylic acid groups (broad SMARTS) is 1. The van der Waals surface area contributed by atoms with E-state index in [-0.39, 0.29) is 5.56 Å². The van der Waals surface area contributed by atoms with Crippen LogP contribution in [0.25, 0.3) is 10.8 Å². The maximum Gasteiger partial charge on any atom is 0.123 e. The van der Waals surface area contributed by atoms with Gasteiger partial charge in [-0.3, -0.25) is 0 Å². The van der Waals surface area contributed by atoms with E-state index in [1.807, 2.05) is 0 Å². The van der Waals surface area contributed by atoms with Crippen molar-refractivity contribution < 1.29 is 14.3 Å². The third-order valence-corrected chi connectivity index (χ3v) is 2.06. The van der Waals surface area contributed by atoms with Gasteiger partial charge in [0.2, 0.25) is 0 Å². The van der Waals surface area contributed by atoms with Crippen LogP contribution in [-0.2, 0) is 0 Å². The van der Waals surface area contributed by atoms with E-state index in [1.54, 1.807) is 12.1 Å². The lowest BCUT2D eigenvalue weighted by Gasteiger charge is -2.06. The molecule has 2 aromatic carbocycles. The standard InChI is InChI=1S/C11H7FO2/c12-8-5-4-7-2-1-3-9(11(13)14)10(7)6-8/h1-6H,(H,13,14)/p-1. The predicted molar refractivity (Wildman–Crippen MR) is 48.2 cm³/mol. The van der Waals surface area contributed by atoms with E-state index < -0.39 is 11.8 Å². The first kappa shape index (κ1) is 8.69. The van der Waals surface area contributed by atoms with Gasteiger partial charge >= 0.3 is 0 Å². The highest BCUT2D eigenvalue weighted by Gasteiger charge is 2.02. The molecule has 0 unspecified atom stereocenters. The summed E-state index contributed by atoms with van der Waals surface area (Å²) in [5.74, 6) is -1.74. The third-order valence-electron chi connectivity index (χ3n) is 2.06. The number of carboxylic acids is 1. The molecular formula is C11H6FO2-. The van der Waals surface area contributed by atoms with E-state index in [9.17, 15) is 14.3 Å². The zero-order valence-electron chi connectivity index (χ0n) is 7.16. The maximum absolute atomic E-state index is 12.9. The smallest absolute Gasteiger partial charge is 0.123 e. The molecule has 2 aromatic rings. The molecule has 0 aliphatic rings. The molecule has 0 radical (unpaired) electrons. The molecule has 0 aliphatic carbocycles. The van der Waals surface area contributed by atoms with E-state index >= 15 is 0 Å². The highest BCUT2D eigenvalue weighted by molar-refractivity contribution is 6.02. The third kappa shape index (κ3) is 1.33. The van der Waals surface area contributed by atoms with Crippen LogP contribution in [-0.4, -0.2) is 5.97 Å². The molecule has 0 spiro atoms. The molecular weight excluding hydrogens is 183 g/mol. The molecule has 0 bridgehead atoms. The van der Waals surface area contributed by atoms with Crippen LogP contribution >= 0.6 is 0 Å². The molecule has 0 amide bonds. The Morgan fingerprint density at radius 2 is 2.00 bits per heavy atom. The normalized spacial score (nSPS) is 10.4. The van der Waals surface area contributed by atoms with Crippen molar-refractivity contribution in [1.29, 1.82) is 0 Å². The Labute approximate surface area is 79.6 Å². The lowest BCUT2D eigenvalue weighted by Crippen LogP contribution is -2.22. The molecule has 0 fully saturated rings. The molecule has 0 aliphatic heterocycles. The van der Waals surface area contributed by atoms with Crippen LogP contribution in [0, 0.1) is 5.82 Å². The number of rotatable bonds is 1. The minimum atomic E-state index is -1.29. The molecule has 2 nitrogen and oxygen atoms in total. The largest absolute Gasteiger partial charge is 0.545 e. The second-order valence-corrected chi connectivity index (χ2v) is 2.96. The fourth-order valence-electron chi connectivity index (χ4n) is 1.42. The van der Waals surface area contributed by atoms with Gasteiger partial charge in [0.05, 0.1) is 5.97 Å². The molecule has 0 aromatic heterocycles. The average Bonchev–Trinajstić information content (AvgIpc) is 2.16. The molecule has 0 atom stereocenters. The monoisotopic (exact) mass is 189 g/mol. The van der Waals surface area contributed by atoms with Crippen molar-refractivity contribution in [2.24, 2.45) is 0 Å². The van der Waals surface area contributed by atoms with Gasteiger partial charge in [0.25, 0.3) is 0 Å². The molecule has 0 N–H and O–H groups in total. The van der Waals surface area contributed by atoms with Crippen LogP contribution in [0.5, 0.6) is 0 Å². The summed E-state index contributed by atoms with van der Waals surface area (Å²) in [7, 11) is 0. The van der Waals surface area contributed by atoms with Crippen LogP contribution in [0.3, 0.4) is 0 Å². The Kier molecular flexibility index (Phi) is 1.93. The number of aromatic carboxylic acids is 1. The fourth-order valence-corrected chi connectivity index (χ4v) is 1.42. The van der Waals surface area contributed by atoms with Crippen molar-refractivity contribution in [2.45, 2.75) is 0 Å². The van der Waals surface area contributed by atoms with Crippen molar-refractivity contribution in [2.75, 3.05) is 0 Å². The summed E-state index contributed by atoms with van der Waals surface area (Å²) in [6.45, 7) is 0. The van der Waals surface area contributed by atoms with Crippen LogP contribution in [0.15, 0.2) is 36.4 Å². The van der Waals surface area contributed by atoms with Crippen molar-refractivity contribution in [1.82, 2.24) is 0 Å². The molecule has 2 rings (SSSR count). The molecule has 0 saturated carbocycles. The van der Waals surface area contributed by atoms with E-state index in [2.05, 4.69) is 0 Å². The van der Waals surface area contributed by atoms with Gasteiger partial charge in [0, 0.05) is 5.56 Å².